The molecule has 4 aliphatic carbocycles. The standard InChI is InChI=1S/C27H40N4O5/c1-16(2)36-25-21(24(34)30-23-19-11-17-10-18(13-19)14-20(23)12-17)15-29-31(25)9-7-27(3,4)26(35)28-8-5-6-22(32)33/h7,9,15-20,23H,5-6,8,10-14H2,1-4H3,(H,28,35)(H,30,34)(H,32,33). The van der Waals surface area contributed by atoms with E-state index in [9.17, 15) is 14.4 Å². The zero-order chi connectivity index (χ0) is 26.0. The topological polar surface area (TPSA) is 123 Å². The smallest absolute Gasteiger partial charge is 0.303 e. The van der Waals surface area contributed by atoms with Gasteiger partial charge in [-0.1, -0.05) is 6.08 Å². The second kappa shape index (κ2) is 10.6. The lowest BCUT2D eigenvalue weighted by molar-refractivity contribution is -0.137. The summed E-state index contributed by atoms with van der Waals surface area (Å²) in [5, 5.41) is 19.2. The Balaban J connectivity index is 1.44. The van der Waals surface area contributed by atoms with Crippen LogP contribution >= 0.6 is 0 Å². The number of carbonyl (C=O) groups excluding carboxylic acids is 2. The number of nitrogens with one attached hydrogen (secondary N) is 2. The monoisotopic (exact) mass is 500 g/mol. The zero-order valence-electron chi connectivity index (χ0n) is 21.8. The van der Waals surface area contributed by atoms with E-state index < -0.39 is 11.4 Å². The van der Waals surface area contributed by atoms with Gasteiger partial charge < -0.3 is 20.5 Å². The molecule has 0 saturated heterocycles. The van der Waals surface area contributed by atoms with Crippen LogP contribution in [0.4, 0.5) is 0 Å². The first-order valence-electron chi connectivity index (χ1n) is 13.3. The van der Waals surface area contributed by atoms with Crippen molar-refractivity contribution >= 4 is 24.0 Å². The van der Waals surface area contributed by atoms with Gasteiger partial charge in [0.05, 0.1) is 17.7 Å². The van der Waals surface area contributed by atoms with Gasteiger partial charge in [-0.3, -0.25) is 14.4 Å². The molecule has 4 saturated carbocycles. The molecule has 0 spiro atoms. The molecule has 5 rings (SSSR count). The lowest BCUT2D eigenvalue weighted by Crippen LogP contribution is -2.55. The van der Waals surface area contributed by atoms with Crippen molar-refractivity contribution in [3.8, 4) is 5.88 Å². The van der Waals surface area contributed by atoms with E-state index in [1.54, 1.807) is 26.1 Å². The number of hydrogen-bond donors (Lipinski definition) is 3. The molecule has 198 valence electrons. The van der Waals surface area contributed by atoms with Crippen molar-refractivity contribution in [3.63, 3.8) is 0 Å². The average Bonchev–Trinajstić information content (AvgIpc) is 3.18. The van der Waals surface area contributed by atoms with Crippen LogP contribution in [0.2, 0.25) is 0 Å². The molecular weight excluding hydrogens is 460 g/mol. The van der Waals surface area contributed by atoms with Crippen molar-refractivity contribution in [2.24, 2.45) is 29.1 Å². The first kappa shape index (κ1) is 26.2. The van der Waals surface area contributed by atoms with Crippen LogP contribution in [0.3, 0.4) is 0 Å². The molecule has 1 aromatic rings. The molecular formula is C27H40N4O5. The van der Waals surface area contributed by atoms with Crippen LogP contribution in [0, 0.1) is 29.1 Å². The molecule has 9 nitrogen and oxygen atoms in total. The number of nitrogens with zero attached hydrogens (tertiary/aromatic N) is 2. The number of ether oxygens (including phenoxy) is 1. The number of rotatable bonds is 11. The molecule has 4 aliphatic rings. The van der Waals surface area contributed by atoms with Crippen molar-refractivity contribution in [2.75, 3.05) is 6.54 Å². The van der Waals surface area contributed by atoms with Crippen LogP contribution in [0.5, 0.6) is 5.88 Å². The van der Waals surface area contributed by atoms with Crippen molar-refractivity contribution in [2.45, 2.75) is 84.8 Å². The van der Waals surface area contributed by atoms with E-state index in [1.807, 2.05) is 13.8 Å². The van der Waals surface area contributed by atoms with Crippen molar-refractivity contribution in [1.82, 2.24) is 20.4 Å². The lowest BCUT2D eigenvalue weighted by Gasteiger charge is -2.54. The maximum atomic E-state index is 13.4. The Labute approximate surface area is 213 Å². The largest absolute Gasteiger partial charge is 0.481 e. The Hall–Kier alpha value is -2.84. The summed E-state index contributed by atoms with van der Waals surface area (Å²) < 4.78 is 7.51. The molecule has 36 heavy (non-hydrogen) atoms. The average molecular weight is 501 g/mol. The van der Waals surface area contributed by atoms with Crippen LogP contribution in [-0.2, 0) is 9.59 Å². The minimum Gasteiger partial charge on any atom is -0.481 e. The Kier molecular flexibility index (Phi) is 7.76. The van der Waals surface area contributed by atoms with E-state index in [0.29, 0.717) is 36.2 Å². The minimum absolute atomic E-state index is 0.00803. The highest BCUT2D eigenvalue weighted by atomic mass is 16.5. The first-order chi connectivity index (χ1) is 17.0. The molecule has 1 aromatic heterocycles. The van der Waals surface area contributed by atoms with Gasteiger partial charge in [0.1, 0.15) is 5.56 Å². The second-order valence-electron chi connectivity index (χ2n) is 11.7. The molecule has 2 amide bonds. The zero-order valence-corrected chi connectivity index (χ0v) is 21.8. The fourth-order valence-electron chi connectivity index (χ4n) is 6.35. The number of hydrogen-bond acceptors (Lipinski definition) is 5. The highest BCUT2D eigenvalue weighted by Crippen LogP contribution is 2.53. The van der Waals surface area contributed by atoms with Crippen LogP contribution in [-0.4, -0.2) is 51.4 Å². The molecule has 0 aromatic carbocycles. The lowest BCUT2D eigenvalue weighted by atomic mass is 9.54. The predicted octanol–water partition coefficient (Wildman–Crippen LogP) is 3.70. The summed E-state index contributed by atoms with van der Waals surface area (Å²) in [6, 6.07) is 0.222. The normalized spacial score (nSPS) is 27.0. The van der Waals surface area contributed by atoms with E-state index in [0.717, 1.165) is 11.8 Å². The predicted molar refractivity (Wildman–Crippen MR) is 135 cm³/mol. The summed E-state index contributed by atoms with van der Waals surface area (Å²) >= 11 is 0. The van der Waals surface area contributed by atoms with Gasteiger partial charge in [0.2, 0.25) is 11.8 Å². The third kappa shape index (κ3) is 5.93. The van der Waals surface area contributed by atoms with Gasteiger partial charge in [-0.15, -0.1) is 0 Å². The van der Waals surface area contributed by atoms with Gasteiger partial charge in [0.15, 0.2) is 0 Å². The Morgan fingerprint density at radius 3 is 2.39 bits per heavy atom. The first-order valence-corrected chi connectivity index (χ1v) is 13.3. The fraction of sp³-hybridized carbons (Fsp3) is 0.704. The van der Waals surface area contributed by atoms with Gasteiger partial charge in [0, 0.05) is 25.2 Å². The summed E-state index contributed by atoms with van der Waals surface area (Å²) in [4.78, 5) is 36.7. The van der Waals surface area contributed by atoms with Gasteiger partial charge in [0.25, 0.3) is 5.91 Å². The molecule has 3 N–H and O–H groups in total. The van der Waals surface area contributed by atoms with Crippen LogP contribution in [0.25, 0.3) is 6.20 Å². The van der Waals surface area contributed by atoms with Crippen molar-refractivity contribution in [3.05, 3.63) is 17.8 Å². The minimum atomic E-state index is -0.886. The molecule has 4 bridgehead atoms. The van der Waals surface area contributed by atoms with Crippen LogP contribution in [0.1, 0.15) is 83.0 Å². The summed E-state index contributed by atoms with van der Waals surface area (Å²) in [5.41, 5.74) is -0.467. The number of carboxylic acids is 1. The quantitative estimate of drug-likeness (QED) is 0.398. The molecule has 9 heteroatoms. The highest BCUT2D eigenvalue weighted by Gasteiger charge is 2.48. The van der Waals surface area contributed by atoms with Gasteiger partial charge in [-0.05, 0) is 89.9 Å². The SMILES string of the molecule is CC(C)Oc1c(C(=O)NC2C3CC4CC(C3)CC2C4)cnn1C=CC(C)(C)C(=O)NCCCC(=O)O. The van der Waals surface area contributed by atoms with E-state index in [1.165, 1.54) is 43.0 Å². The summed E-state index contributed by atoms with van der Waals surface area (Å²) in [6.45, 7) is 7.62. The molecule has 0 atom stereocenters. The summed E-state index contributed by atoms with van der Waals surface area (Å²) in [7, 11) is 0. The fourth-order valence-corrected chi connectivity index (χ4v) is 6.35. The second-order valence-corrected chi connectivity index (χ2v) is 11.7. The third-order valence-corrected chi connectivity index (χ3v) is 7.94. The number of amides is 2. The maximum absolute atomic E-state index is 13.4. The van der Waals surface area contributed by atoms with Crippen LogP contribution < -0.4 is 15.4 Å². The Bertz CT molecular complexity index is 984. The number of aliphatic carboxylic acids is 1. The van der Waals surface area contributed by atoms with Gasteiger partial charge >= 0.3 is 5.97 Å². The van der Waals surface area contributed by atoms with Crippen LogP contribution in [0.15, 0.2) is 12.3 Å². The highest BCUT2D eigenvalue weighted by molar-refractivity contribution is 5.96. The third-order valence-electron chi connectivity index (χ3n) is 7.94. The van der Waals surface area contributed by atoms with E-state index in [-0.39, 0.29) is 30.4 Å². The van der Waals surface area contributed by atoms with Gasteiger partial charge in [-0.25, -0.2) is 4.68 Å². The number of carboxylic acid groups (broad SMARTS) is 1. The van der Waals surface area contributed by atoms with Crippen molar-refractivity contribution < 1.29 is 24.2 Å². The summed E-state index contributed by atoms with van der Waals surface area (Å²) in [6.07, 6.45) is 11.4. The molecule has 0 radical (unpaired) electrons. The Morgan fingerprint density at radius 2 is 1.81 bits per heavy atom. The number of aromatic nitrogens is 2. The maximum Gasteiger partial charge on any atom is 0.303 e. The van der Waals surface area contributed by atoms with E-state index in [4.69, 9.17) is 9.84 Å². The molecule has 1 heterocycles. The van der Waals surface area contributed by atoms with Crippen molar-refractivity contribution in [1.29, 1.82) is 0 Å². The summed E-state index contributed by atoms with van der Waals surface area (Å²) in [5.74, 6) is 1.93. The molecule has 0 unspecified atom stereocenters. The molecule has 0 aliphatic heterocycles. The molecule has 4 fully saturated rings. The number of carbonyl (C=O) groups is 3. The Morgan fingerprint density at radius 1 is 1.17 bits per heavy atom. The van der Waals surface area contributed by atoms with E-state index in [2.05, 4.69) is 15.7 Å². The van der Waals surface area contributed by atoms with E-state index >= 15 is 0 Å². The van der Waals surface area contributed by atoms with Gasteiger partial charge in [-0.2, -0.15) is 5.10 Å².